The van der Waals surface area contributed by atoms with E-state index in [2.05, 4.69) is 72.5 Å². The second-order valence-corrected chi connectivity index (χ2v) is 9.62. The van der Waals surface area contributed by atoms with Crippen molar-refractivity contribution in [3.05, 3.63) is 76.1 Å². The van der Waals surface area contributed by atoms with Gasteiger partial charge in [0.1, 0.15) is 0 Å². The molecule has 0 radical (unpaired) electrons. The van der Waals surface area contributed by atoms with Crippen molar-refractivity contribution >= 4 is 11.3 Å². The van der Waals surface area contributed by atoms with E-state index in [1.165, 1.54) is 71.9 Å². The van der Waals surface area contributed by atoms with Crippen LogP contribution in [0, 0.1) is 12.8 Å². The van der Waals surface area contributed by atoms with Crippen LogP contribution in [0.15, 0.2) is 60.7 Å². The van der Waals surface area contributed by atoms with Crippen molar-refractivity contribution < 1.29 is 0 Å². The third kappa shape index (κ3) is 5.77. The highest BCUT2D eigenvalue weighted by molar-refractivity contribution is 7.12. The zero-order chi connectivity index (χ0) is 19.9. The summed E-state index contributed by atoms with van der Waals surface area (Å²) in [5, 5.41) is 1.30. The van der Waals surface area contributed by atoms with Gasteiger partial charge in [-0.05, 0) is 57.2 Å². The van der Waals surface area contributed by atoms with Crippen molar-refractivity contribution in [2.24, 2.45) is 5.92 Å². The highest BCUT2D eigenvalue weighted by atomic mass is 32.1. The zero-order valence-corrected chi connectivity index (χ0v) is 18.3. The van der Waals surface area contributed by atoms with Crippen molar-refractivity contribution in [2.45, 2.75) is 52.0 Å². The molecule has 3 heteroatoms. The first-order valence-corrected chi connectivity index (χ1v) is 11.9. The summed E-state index contributed by atoms with van der Waals surface area (Å²) in [7, 11) is 0. The van der Waals surface area contributed by atoms with Crippen molar-refractivity contribution in [2.75, 3.05) is 13.1 Å². The van der Waals surface area contributed by atoms with Gasteiger partial charge in [0.2, 0.25) is 0 Å². The summed E-state index contributed by atoms with van der Waals surface area (Å²) in [5.74, 6) is 0.917. The Labute approximate surface area is 179 Å². The molecule has 2 nitrogen and oxygen atoms in total. The van der Waals surface area contributed by atoms with Gasteiger partial charge in [-0.15, -0.1) is 11.3 Å². The topological polar surface area (TPSA) is 16.1 Å². The average molecular weight is 405 g/mol. The number of aromatic nitrogens is 1. The molecule has 2 heterocycles. The van der Waals surface area contributed by atoms with Crippen LogP contribution in [-0.4, -0.2) is 23.0 Å². The summed E-state index contributed by atoms with van der Waals surface area (Å²) >= 11 is 1.88. The number of piperidine rings is 1. The minimum absolute atomic E-state index is 0.917. The molecule has 0 bridgehead atoms. The molecule has 0 aliphatic carbocycles. The fraction of sp³-hybridized carbons (Fsp3) is 0.423. The van der Waals surface area contributed by atoms with E-state index in [0.717, 1.165) is 18.9 Å². The first-order chi connectivity index (χ1) is 14.3. The lowest BCUT2D eigenvalue weighted by Crippen LogP contribution is -2.33. The van der Waals surface area contributed by atoms with E-state index in [-0.39, 0.29) is 0 Å². The van der Waals surface area contributed by atoms with Gasteiger partial charge in [0.25, 0.3) is 0 Å². The number of aryl methyl sites for hydroxylation is 2. The maximum atomic E-state index is 4.93. The lowest BCUT2D eigenvalue weighted by atomic mass is 9.91. The highest BCUT2D eigenvalue weighted by Crippen LogP contribution is 2.29. The number of benzene rings is 2. The standard InChI is InChI=1S/C26H32N2S/c1-21-26(24-13-6-3-7-14-24)27-25(29-21)15-9-8-10-22-16-18-28(19-17-22)20-23-11-4-2-5-12-23/h2-7,11-14,22H,8-10,15-20H2,1H3. The van der Waals surface area contributed by atoms with Crippen LogP contribution in [0.25, 0.3) is 11.3 Å². The summed E-state index contributed by atoms with van der Waals surface area (Å²) in [6.45, 7) is 5.82. The summed E-state index contributed by atoms with van der Waals surface area (Å²) in [5.41, 5.74) is 3.87. The van der Waals surface area contributed by atoms with Crippen LogP contribution in [-0.2, 0) is 13.0 Å². The molecule has 29 heavy (non-hydrogen) atoms. The summed E-state index contributed by atoms with van der Waals surface area (Å²) in [4.78, 5) is 8.89. The average Bonchev–Trinajstić information content (AvgIpc) is 3.14. The van der Waals surface area contributed by atoms with E-state index < -0.39 is 0 Å². The van der Waals surface area contributed by atoms with Gasteiger partial charge in [-0.3, -0.25) is 4.90 Å². The van der Waals surface area contributed by atoms with Crippen molar-refractivity contribution in [3.63, 3.8) is 0 Å². The second kappa shape index (κ2) is 10.2. The molecular formula is C26H32N2S. The van der Waals surface area contributed by atoms with Crippen LogP contribution in [0.2, 0.25) is 0 Å². The zero-order valence-electron chi connectivity index (χ0n) is 17.5. The van der Waals surface area contributed by atoms with Crippen molar-refractivity contribution in [1.82, 2.24) is 9.88 Å². The van der Waals surface area contributed by atoms with Crippen LogP contribution < -0.4 is 0 Å². The van der Waals surface area contributed by atoms with Gasteiger partial charge in [0.05, 0.1) is 10.7 Å². The number of hydrogen-bond donors (Lipinski definition) is 0. The van der Waals surface area contributed by atoms with E-state index >= 15 is 0 Å². The summed E-state index contributed by atoms with van der Waals surface area (Å²) in [6.07, 6.45) is 7.84. The molecule has 3 aromatic rings. The number of thiazole rings is 1. The van der Waals surface area contributed by atoms with Gasteiger partial charge in [-0.25, -0.2) is 4.98 Å². The van der Waals surface area contributed by atoms with E-state index in [4.69, 9.17) is 4.98 Å². The van der Waals surface area contributed by atoms with Gasteiger partial charge >= 0.3 is 0 Å². The fourth-order valence-electron chi connectivity index (χ4n) is 4.41. The number of unbranched alkanes of at least 4 members (excludes halogenated alkanes) is 1. The molecule has 0 atom stereocenters. The number of rotatable bonds is 8. The molecule has 0 amide bonds. The van der Waals surface area contributed by atoms with Crippen LogP contribution in [0.1, 0.15) is 47.6 Å². The minimum Gasteiger partial charge on any atom is -0.299 e. The number of likely N-dealkylation sites (tertiary alicyclic amines) is 1. The van der Waals surface area contributed by atoms with Crippen molar-refractivity contribution in [3.8, 4) is 11.3 Å². The minimum atomic E-state index is 0.917. The fourth-order valence-corrected chi connectivity index (χ4v) is 5.40. The molecule has 0 N–H and O–H groups in total. The highest BCUT2D eigenvalue weighted by Gasteiger charge is 2.19. The lowest BCUT2D eigenvalue weighted by molar-refractivity contribution is 0.170. The van der Waals surface area contributed by atoms with Crippen LogP contribution in [0.3, 0.4) is 0 Å². The Hall–Kier alpha value is -1.97. The molecule has 0 spiro atoms. The Morgan fingerprint density at radius 3 is 2.34 bits per heavy atom. The van der Waals surface area contributed by atoms with Crippen LogP contribution >= 0.6 is 11.3 Å². The number of nitrogens with zero attached hydrogens (tertiary/aromatic N) is 2. The second-order valence-electron chi connectivity index (χ2n) is 8.33. The molecule has 1 saturated heterocycles. The smallest absolute Gasteiger partial charge is 0.0935 e. The Balaban J connectivity index is 1.16. The third-order valence-corrected chi connectivity index (χ3v) is 7.13. The van der Waals surface area contributed by atoms with E-state index in [9.17, 15) is 0 Å². The molecule has 1 aliphatic rings. The quantitative estimate of drug-likeness (QED) is 0.386. The Bertz CT molecular complexity index is 864. The largest absolute Gasteiger partial charge is 0.299 e. The first-order valence-electron chi connectivity index (χ1n) is 11.1. The van der Waals surface area contributed by atoms with E-state index in [1.54, 1.807) is 0 Å². The Morgan fingerprint density at radius 2 is 1.62 bits per heavy atom. The molecule has 1 aliphatic heterocycles. The predicted molar refractivity (Wildman–Crippen MR) is 124 cm³/mol. The molecule has 152 valence electrons. The molecule has 1 fully saturated rings. The third-order valence-electron chi connectivity index (χ3n) is 6.10. The van der Waals surface area contributed by atoms with E-state index in [0.29, 0.717) is 0 Å². The molecule has 0 saturated carbocycles. The van der Waals surface area contributed by atoms with Crippen LogP contribution in [0.4, 0.5) is 0 Å². The molecule has 2 aromatic carbocycles. The van der Waals surface area contributed by atoms with Gasteiger partial charge < -0.3 is 0 Å². The number of hydrogen-bond acceptors (Lipinski definition) is 3. The van der Waals surface area contributed by atoms with Gasteiger partial charge in [0, 0.05) is 17.0 Å². The van der Waals surface area contributed by atoms with Gasteiger partial charge in [-0.2, -0.15) is 0 Å². The van der Waals surface area contributed by atoms with Gasteiger partial charge in [0.15, 0.2) is 0 Å². The lowest BCUT2D eigenvalue weighted by Gasteiger charge is -2.32. The first kappa shape index (κ1) is 20.3. The molecule has 1 aromatic heterocycles. The van der Waals surface area contributed by atoms with Gasteiger partial charge in [-0.1, -0.05) is 73.5 Å². The summed E-state index contributed by atoms with van der Waals surface area (Å²) in [6, 6.07) is 21.5. The predicted octanol–water partition coefficient (Wildman–Crippen LogP) is 6.74. The summed E-state index contributed by atoms with van der Waals surface area (Å²) < 4.78 is 0. The Kier molecular flexibility index (Phi) is 7.13. The maximum Gasteiger partial charge on any atom is 0.0935 e. The SMILES string of the molecule is Cc1sc(CCCCC2CCN(Cc3ccccc3)CC2)nc1-c1ccccc1. The maximum absolute atomic E-state index is 4.93. The van der Waals surface area contributed by atoms with E-state index in [1.807, 2.05) is 11.3 Å². The molecular weight excluding hydrogens is 372 g/mol. The Morgan fingerprint density at radius 1 is 0.931 bits per heavy atom. The normalized spacial score (nSPS) is 15.6. The van der Waals surface area contributed by atoms with Crippen molar-refractivity contribution in [1.29, 1.82) is 0 Å². The van der Waals surface area contributed by atoms with Crippen LogP contribution in [0.5, 0.6) is 0 Å². The molecule has 0 unspecified atom stereocenters. The monoisotopic (exact) mass is 404 g/mol. The molecule has 4 rings (SSSR count).